The molecule has 2 aromatic carbocycles. The normalized spacial score (nSPS) is 11.2. The van der Waals surface area contributed by atoms with E-state index in [0.717, 1.165) is 11.3 Å². The zero-order valence-corrected chi connectivity index (χ0v) is 17.7. The lowest BCUT2D eigenvalue weighted by Crippen LogP contribution is -2.31. The average molecular weight is 447 g/mol. The van der Waals surface area contributed by atoms with Gasteiger partial charge in [0.25, 0.3) is 5.91 Å². The van der Waals surface area contributed by atoms with Gasteiger partial charge in [-0.2, -0.15) is 5.26 Å². The third kappa shape index (κ3) is 5.89. The summed E-state index contributed by atoms with van der Waals surface area (Å²) in [5.41, 5.74) is 1.41. The van der Waals surface area contributed by atoms with Crippen LogP contribution in [0.4, 0.5) is 0 Å². The number of nitrogens with one attached hydrogen (secondary N) is 1. The first-order valence-corrected chi connectivity index (χ1v) is 9.79. The second-order valence-electron chi connectivity index (χ2n) is 5.91. The number of rotatable bonds is 9. The van der Waals surface area contributed by atoms with Crippen molar-refractivity contribution in [3.8, 4) is 23.3 Å². The number of carbonyl (C=O) groups is 1. The minimum absolute atomic E-state index is 0.175. The lowest BCUT2D eigenvalue weighted by atomic mass is 10.1. The fourth-order valence-electron chi connectivity index (χ4n) is 2.56. The molecule has 1 N–H and O–H groups in total. The summed E-state index contributed by atoms with van der Waals surface area (Å²) in [5, 5.41) is 12.0. The van der Waals surface area contributed by atoms with Crippen molar-refractivity contribution >= 4 is 21.8 Å². The molecular weight excluding hydrogens is 424 g/mol. The lowest BCUT2D eigenvalue weighted by molar-refractivity contribution is -0.123. The van der Waals surface area contributed by atoms with Crippen LogP contribution in [0.25, 0.3) is 0 Å². The van der Waals surface area contributed by atoms with Gasteiger partial charge in [-0.05, 0) is 60.5 Å². The Balaban J connectivity index is 1.99. The van der Waals surface area contributed by atoms with Gasteiger partial charge in [-0.15, -0.1) is 0 Å². The summed E-state index contributed by atoms with van der Waals surface area (Å²) in [5.74, 6) is 1.34. The van der Waals surface area contributed by atoms with Gasteiger partial charge in [0.1, 0.15) is 5.75 Å². The lowest BCUT2D eigenvalue weighted by Gasteiger charge is -2.17. The number of halogens is 1. The number of hydrogen-bond acceptors (Lipinski definition) is 5. The van der Waals surface area contributed by atoms with E-state index in [0.29, 0.717) is 34.7 Å². The molecule has 0 saturated carbocycles. The molecule has 0 aliphatic heterocycles. The quantitative estimate of drug-likeness (QED) is 0.618. The van der Waals surface area contributed by atoms with Crippen molar-refractivity contribution in [2.75, 3.05) is 19.8 Å². The fraction of sp³-hybridized carbons (Fsp3) is 0.333. The molecule has 0 aliphatic rings. The van der Waals surface area contributed by atoms with E-state index in [1.807, 2.05) is 45.0 Å². The molecule has 1 atom stereocenters. The molecule has 0 aromatic heterocycles. The minimum Gasteiger partial charge on any atom is -0.494 e. The van der Waals surface area contributed by atoms with Gasteiger partial charge in [0.2, 0.25) is 0 Å². The Labute approximate surface area is 173 Å². The number of benzene rings is 2. The monoisotopic (exact) mass is 446 g/mol. The molecule has 0 fully saturated rings. The van der Waals surface area contributed by atoms with Crippen molar-refractivity contribution in [1.29, 1.82) is 5.26 Å². The van der Waals surface area contributed by atoms with E-state index >= 15 is 0 Å². The molecule has 28 heavy (non-hydrogen) atoms. The van der Waals surface area contributed by atoms with E-state index in [4.69, 9.17) is 19.5 Å². The highest BCUT2D eigenvalue weighted by Crippen LogP contribution is 2.36. The van der Waals surface area contributed by atoms with Crippen molar-refractivity contribution in [2.45, 2.75) is 26.8 Å². The first-order chi connectivity index (χ1) is 13.5. The molecule has 0 radical (unpaired) electrons. The van der Waals surface area contributed by atoms with Crippen LogP contribution < -0.4 is 19.5 Å². The Bertz CT molecular complexity index is 847. The topological polar surface area (TPSA) is 80.6 Å². The molecular formula is C21H23BrN2O4. The van der Waals surface area contributed by atoms with Crippen molar-refractivity contribution < 1.29 is 19.0 Å². The molecule has 0 bridgehead atoms. The summed E-state index contributed by atoms with van der Waals surface area (Å²) in [7, 11) is 0. The van der Waals surface area contributed by atoms with Crippen LogP contribution in [0.15, 0.2) is 40.9 Å². The summed E-state index contributed by atoms with van der Waals surface area (Å²) < 4.78 is 17.2. The maximum Gasteiger partial charge on any atom is 0.258 e. The molecule has 7 heteroatoms. The minimum atomic E-state index is -0.264. The van der Waals surface area contributed by atoms with Gasteiger partial charge in [-0.25, -0.2) is 0 Å². The molecule has 1 amide bonds. The van der Waals surface area contributed by atoms with E-state index < -0.39 is 0 Å². The highest BCUT2D eigenvalue weighted by Gasteiger charge is 2.15. The standard InChI is InChI=1S/C21H23BrN2O4/c1-4-26-17-8-6-16(7-9-17)14(3)24-20(25)13-28-21-18(22)10-15(12-23)11-19(21)27-5-2/h6-11,14H,4-5,13H2,1-3H3,(H,24,25). The highest BCUT2D eigenvalue weighted by atomic mass is 79.9. The van der Waals surface area contributed by atoms with Gasteiger partial charge >= 0.3 is 0 Å². The highest BCUT2D eigenvalue weighted by molar-refractivity contribution is 9.10. The fourth-order valence-corrected chi connectivity index (χ4v) is 3.12. The number of ether oxygens (including phenoxy) is 3. The van der Waals surface area contributed by atoms with E-state index in [1.54, 1.807) is 12.1 Å². The SMILES string of the molecule is CCOc1ccc(C(C)NC(=O)COc2c(Br)cc(C#N)cc2OCC)cc1. The van der Waals surface area contributed by atoms with Crippen LogP contribution >= 0.6 is 15.9 Å². The predicted molar refractivity (Wildman–Crippen MR) is 110 cm³/mol. The number of hydrogen-bond donors (Lipinski definition) is 1. The van der Waals surface area contributed by atoms with E-state index in [-0.39, 0.29) is 18.6 Å². The van der Waals surface area contributed by atoms with Crippen LogP contribution in [-0.2, 0) is 4.79 Å². The van der Waals surface area contributed by atoms with Gasteiger partial charge in [0.15, 0.2) is 18.1 Å². The molecule has 148 valence electrons. The second kappa shape index (κ2) is 10.6. The van der Waals surface area contributed by atoms with Crippen LogP contribution in [0.1, 0.15) is 37.9 Å². The van der Waals surface area contributed by atoms with Crippen molar-refractivity contribution in [2.24, 2.45) is 0 Å². The third-order valence-corrected chi connectivity index (χ3v) is 4.44. The van der Waals surface area contributed by atoms with E-state index in [1.165, 1.54) is 0 Å². The van der Waals surface area contributed by atoms with Crippen LogP contribution in [0.2, 0.25) is 0 Å². The van der Waals surface area contributed by atoms with Gasteiger partial charge < -0.3 is 19.5 Å². The molecule has 0 spiro atoms. The molecule has 1 unspecified atom stereocenters. The Morgan fingerprint density at radius 2 is 1.82 bits per heavy atom. The Morgan fingerprint density at radius 3 is 2.43 bits per heavy atom. The van der Waals surface area contributed by atoms with Crippen molar-refractivity contribution in [3.05, 3.63) is 52.0 Å². The van der Waals surface area contributed by atoms with Gasteiger partial charge in [0, 0.05) is 6.07 Å². The molecule has 0 aliphatic carbocycles. The molecule has 0 saturated heterocycles. The molecule has 0 heterocycles. The zero-order chi connectivity index (χ0) is 20.5. The molecule has 2 aromatic rings. The van der Waals surface area contributed by atoms with Crippen LogP contribution in [0.3, 0.4) is 0 Å². The summed E-state index contributed by atoms with van der Waals surface area (Å²) in [6.45, 7) is 6.51. The maximum absolute atomic E-state index is 12.3. The van der Waals surface area contributed by atoms with Crippen LogP contribution in [0, 0.1) is 11.3 Å². The summed E-state index contributed by atoms with van der Waals surface area (Å²) in [4.78, 5) is 12.3. The second-order valence-corrected chi connectivity index (χ2v) is 6.76. The third-order valence-electron chi connectivity index (χ3n) is 3.85. The average Bonchev–Trinajstić information content (AvgIpc) is 2.68. The molecule has 6 nitrogen and oxygen atoms in total. The van der Waals surface area contributed by atoms with Crippen LogP contribution in [0.5, 0.6) is 17.2 Å². The number of carbonyl (C=O) groups excluding carboxylic acids is 1. The zero-order valence-electron chi connectivity index (χ0n) is 16.1. The Hall–Kier alpha value is -2.72. The number of amides is 1. The largest absolute Gasteiger partial charge is 0.494 e. The summed E-state index contributed by atoms with van der Waals surface area (Å²) in [6, 6.07) is 12.7. The Kier molecular flexibility index (Phi) is 8.15. The van der Waals surface area contributed by atoms with Crippen molar-refractivity contribution in [3.63, 3.8) is 0 Å². The smallest absolute Gasteiger partial charge is 0.258 e. The van der Waals surface area contributed by atoms with Crippen LogP contribution in [-0.4, -0.2) is 25.7 Å². The first-order valence-electron chi connectivity index (χ1n) is 8.99. The Morgan fingerprint density at radius 1 is 1.14 bits per heavy atom. The maximum atomic E-state index is 12.3. The summed E-state index contributed by atoms with van der Waals surface area (Å²) in [6.07, 6.45) is 0. The van der Waals surface area contributed by atoms with Crippen molar-refractivity contribution in [1.82, 2.24) is 5.32 Å². The molecule has 2 rings (SSSR count). The van der Waals surface area contributed by atoms with Gasteiger partial charge in [-0.3, -0.25) is 4.79 Å². The summed E-state index contributed by atoms with van der Waals surface area (Å²) >= 11 is 3.37. The first kappa shape index (κ1) is 21.6. The number of nitriles is 1. The van der Waals surface area contributed by atoms with E-state index in [9.17, 15) is 4.79 Å². The van der Waals surface area contributed by atoms with Gasteiger partial charge in [-0.1, -0.05) is 12.1 Å². The predicted octanol–water partition coefficient (Wildman–Crippen LogP) is 4.37. The number of nitrogens with zero attached hydrogens (tertiary/aromatic N) is 1. The van der Waals surface area contributed by atoms with E-state index in [2.05, 4.69) is 27.3 Å². The van der Waals surface area contributed by atoms with Gasteiger partial charge in [0.05, 0.1) is 35.4 Å².